The van der Waals surface area contributed by atoms with Crippen molar-refractivity contribution in [3.8, 4) is 0 Å². The summed E-state index contributed by atoms with van der Waals surface area (Å²) >= 11 is 0. The van der Waals surface area contributed by atoms with Crippen LogP contribution in [0.2, 0.25) is 0 Å². The molecule has 0 amide bonds. The summed E-state index contributed by atoms with van der Waals surface area (Å²) in [6.07, 6.45) is 8.65. The number of rotatable bonds is 4. The standard InChI is InChI=1S/C13H17N3O5S/c17-13(18)9-4-1-2-5-10(9)15-22(19,20)12-6-3-7-16-11(12)8-14-21-16/h3,6-10,14-15H,1-2,4-5H2,(H,17,18)/t9-,10-/m1/s1. The number of nitrogens with zero attached hydrogens (tertiary/aromatic N) is 1. The highest BCUT2D eigenvalue weighted by atomic mass is 32.2. The van der Waals surface area contributed by atoms with E-state index in [-0.39, 0.29) is 4.91 Å². The lowest BCUT2D eigenvalue weighted by atomic mass is 9.85. The molecule has 0 aromatic rings. The van der Waals surface area contributed by atoms with Crippen LogP contribution in [0.3, 0.4) is 0 Å². The Morgan fingerprint density at radius 1 is 1.41 bits per heavy atom. The van der Waals surface area contributed by atoms with E-state index in [2.05, 4.69) is 10.2 Å². The first-order chi connectivity index (χ1) is 10.5. The van der Waals surface area contributed by atoms with Crippen molar-refractivity contribution in [1.29, 1.82) is 0 Å². The highest BCUT2D eigenvalue weighted by Gasteiger charge is 2.37. The van der Waals surface area contributed by atoms with Crippen LogP contribution >= 0.6 is 0 Å². The largest absolute Gasteiger partial charge is 0.481 e. The molecular formula is C13H17N3O5S. The Bertz CT molecular complexity index is 667. The molecule has 2 heterocycles. The van der Waals surface area contributed by atoms with Gasteiger partial charge in [-0.15, -0.1) is 0 Å². The molecule has 0 aromatic heterocycles. The van der Waals surface area contributed by atoms with Crippen molar-refractivity contribution in [2.75, 3.05) is 0 Å². The van der Waals surface area contributed by atoms with Crippen LogP contribution in [0, 0.1) is 5.92 Å². The molecular weight excluding hydrogens is 310 g/mol. The average Bonchev–Trinajstić information content (AvgIpc) is 2.95. The molecule has 1 fully saturated rings. The van der Waals surface area contributed by atoms with Crippen molar-refractivity contribution in [2.24, 2.45) is 5.92 Å². The maximum Gasteiger partial charge on any atom is 0.308 e. The minimum atomic E-state index is -3.84. The summed E-state index contributed by atoms with van der Waals surface area (Å²) in [7, 11) is -3.84. The summed E-state index contributed by atoms with van der Waals surface area (Å²) < 4.78 is 27.8. The summed E-state index contributed by atoms with van der Waals surface area (Å²) in [5, 5.41) is 10.6. The lowest BCUT2D eigenvalue weighted by Gasteiger charge is -2.30. The number of nitrogens with one attached hydrogen (secondary N) is 2. The van der Waals surface area contributed by atoms with Crippen LogP contribution in [-0.2, 0) is 19.8 Å². The minimum absolute atomic E-state index is 0.0507. The van der Waals surface area contributed by atoms with Crippen LogP contribution in [0.25, 0.3) is 0 Å². The van der Waals surface area contributed by atoms with Gasteiger partial charge in [0.15, 0.2) is 0 Å². The summed E-state index contributed by atoms with van der Waals surface area (Å²) in [5.74, 6) is -1.65. The predicted molar refractivity (Wildman–Crippen MR) is 76.8 cm³/mol. The summed E-state index contributed by atoms with van der Waals surface area (Å²) in [6.45, 7) is 0. The molecule has 0 spiro atoms. The summed E-state index contributed by atoms with van der Waals surface area (Å²) in [4.78, 5) is 16.4. The highest BCUT2D eigenvalue weighted by molar-refractivity contribution is 7.93. The first-order valence-corrected chi connectivity index (χ1v) is 8.53. The number of allylic oxidation sites excluding steroid dienone is 2. The molecule has 0 radical (unpaired) electrons. The van der Waals surface area contributed by atoms with E-state index in [4.69, 9.17) is 4.94 Å². The van der Waals surface area contributed by atoms with Crippen molar-refractivity contribution in [3.63, 3.8) is 0 Å². The van der Waals surface area contributed by atoms with Crippen LogP contribution in [0.4, 0.5) is 0 Å². The number of hydrogen-bond donors (Lipinski definition) is 3. The van der Waals surface area contributed by atoms with E-state index in [1.165, 1.54) is 17.3 Å². The van der Waals surface area contributed by atoms with Gasteiger partial charge in [-0.05, 0) is 25.0 Å². The van der Waals surface area contributed by atoms with E-state index in [0.29, 0.717) is 18.5 Å². The number of aliphatic carboxylic acids is 1. The normalized spacial score (nSPS) is 27.7. The smallest absolute Gasteiger partial charge is 0.308 e. The molecule has 1 saturated carbocycles. The van der Waals surface area contributed by atoms with E-state index in [1.54, 1.807) is 12.3 Å². The second kappa shape index (κ2) is 5.75. The average molecular weight is 327 g/mol. The molecule has 22 heavy (non-hydrogen) atoms. The van der Waals surface area contributed by atoms with E-state index in [9.17, 15) is 18.3 Å². The van der Waals surface area contributed by atoms with Crippen molar-refractivity contribution in [3.05, 3.63) is 35.2 Å². The van der Waals surface area contributed by atoms with Crippen LogP contribution in [0.15, 0.2) is 35.2 Å². The topological polar surface area (TPSA) is 108 Å². The van der Waals surface area contributed by atoms with Crippen LogP contribution < -0.4 is 10.2 Å². The van der Waals surface area contributed by atoms with Gasteiger partial charge >= 0.3 is 5.97 Å². The lowest BCUT2D eigenvalue weighted by Crippen LogP contribution is -2.45. The second-order valence-corrected chi connectivity index (χ2v) is 7.08. The van der Waals surface area contributed by atoms with Crippen LogP contribution in [-0.4, -0.2) is 30.6 Å². The number of sulfonamides is 1. The quantitative estimate of drug-likeness (QED) is 0.692. The molecule has 3 aliphatic rings. The van der Waals surface area contributed by atoms with Crippen LogP contribution in [0.1, 0.15) is 25.7 Å². The Balaban J connectivity index is 1.82. The first-order valence-electron chi connectivity index (χ1n) is 7.05. The third-order valence-corrected chi connectivity index (χ3v) is 5.52. The summed E-state index contributed by atoms with van der Waals surface area (Å²) in [5.41, 5.74) is 2.84. The Labute approximate surface area is 128 Å². The van der Waals surface area contributed by atoms with E-state index in [1.807, 2.05) is 0 Å². The molecule has 1 aliphatic carbocycles. The SMILES string of the molecule is O=C(O)[C@@H]1CCCC[C@H]1NS(=O)(=O)C1=CC=CN2ONC=C12. The van der Waals surface area contributed by atoms with Crippen molar-refractivity contribution < 1.29 is 23.3 Å². The number of hydroxylamine groups is 3. The molecule has 8 nitrogen and oxygen atoms in total. The molecule has 0 unspecified atom stereocenters. The maximum absolute atomic E-state index is 12.6. The third-order valence-electron chi connectivity index (χ3n) is 3.98. The monoisotopic (exact) mass is 327 g/mol. The van der Waals surface area contributed by atoms with E-state index in [0.717, 1.165) is 12.8 Å². The molecule has 3 N–H and O–H groups in total. The number of carbonyl (C=O) groups is 1. The van der Waals surface area contributed by atoms with Gasteiger partial charge in [0, 0.05) is 12.2 Å². The fourth-order valence-electron chi connectivity index (χ4n) is 2.89. The molecule has 3 rings (SSSR count). The third kappa shape index (κ3) is 2.74. The Morgan fingerprint density at radius 3 is 2.95 bits per heavy atom. The van der Waals surface area contributed by atoms with Gasteiger partial charge < -0.3 is 5.11 Å². The highest BCUT2D eigenvalue weighted by Crippen LogP contribution is 2.30. The lowest BCUT2D eigenvalue weighted by molar-refractivity contribution is -0.143. The number of hydrogen-bond acceptors (Lipinski definition) is 6. The molecule has 120 valence electrons. The van der Waals surface area contributed by atoms with Gasteiger partial charge in [-0.25, -0.2) is 23.7 Å². The molecule has 2 aliphatic heterocycles. The van der Waals surface area contributed by atoms with Gasteiger partial charge in [-0.1, -0.05) is 12.8 Å². The fourth-order valence-corrected chi connectivity index (χ4v) is 4.38. The first kappa shape index (κ1) is 15.1. The Hall–Kier alpha value is -1.84. The molecule has 9 heteroatoms. The van der Waals surface area contributed by atoms with Crippen molar-refractivity contribution in [1.82, 2.24) is 15.3 Å². The molecule has 0 aromatic carbocycles. The van der Waals surface area contributed by atoms with E-state index >= 15 is 0 Å². The summed E-state index contributed by atoms with van der Waals surface area (Å²) in [6, 6.07) is -0.590. The Kier molecular flexibility index (Phi) is 3.94. The van der Waals surface area contributed by atoms with Gasteiger partial charge in [-0.2, -0.15) is 4.94 Å². The van der Waals surface area contributed by atoms with Gasteiger partial charge in [-0.3, -0.25) is 4.79 Å². The van der Waals surface area contributed by atoms with Crippen LogP contribution in [0.5, 0.6) is 0 Å². The molecule has 0 saturated heterocycles. The zero-order chi connectivity index (χ0) is 15.7. The second-order valence-electron chi connectivity index (χ2n) is 5.39. The van der Waals surface area contributed by atoms with Gasteiger partial charge in [0.2, 0.25) is 10.0 Å². The Morgan fingerprint density at radius 2 is 2.18 bits per heavy atom. The van der Waals surface area contributed by atoms with Crippen molar-refractivity contribution in [2.45, 2.75) is 31.7 Å². The maximum atomic E-state index is 12.6. The van der Waals surface area contributed by atoms with Gasteiger partial charge in [0.05, 0.1) is 12.1 Å². The molecule has 2 atom stereocenters. The van der Waals surface area contributed by atoms with E-state index < -0.39 is 28.0 Å². The zero-order valence-electron chi connectivity index (χ0n) is 11.7. The predicted octanol–water partition coefficient (Wildman–Crippen LogP) is 0.554. The molecule has 0 bridgehead atoms. The van der Waals surface area contributed by atoms with Crippen molar-refractivity contribution >= 4 is 16.0 Å². The number of fused-ring (bicyclic) bond motifs is 1. The number of carboxylic acids is 1. The fraction of sp³-hybridized carbons (Fsp3) is 0.462. The van der Waals surface area contributed by atoms with Gasteiger partial charge in [0.25, 0.3) is 0 Å². The number of carboxylic acid groups (broad SMARTS) is 1. The zero-order valence-corrected chi connectivity index (χ0v) is 12.5. The van der Waals surface area contributed by atoms with Gasteiger partial charge in [0.1, 0.15) is 10.6 Å². The minimum Gasteiger partial charge on any atom is -0.481 e.